The van der Waals surface area contributed by atoms with Gasteiger partial charge in [0.2, 0.25) is 0 Å². The molecule has 1 N–H and O–H groups in total. The lowest BCUT2D eigenvalue weighted by molar-refractivity contribution is 0.0947. The molecule has 6 nitrogen and oxygen atoms in total. The Hall–Kier alpha value is -2.60. The van der Waals surface area contributed by atoms with Crippen LogP contribution >= 0.6 is 0 Å². The average molecular weight is 412 g/mol. The molecule has 0 aliphatic carbocycles. The molecule has 0 saturated carbocycles. The summed E-state index contributed by atoms with van der Waals surface area (Å²) in [5.74, 6) is 0.466. The number of carbonyl (C=O) groups is 1. The summed E-state index contributed by atoms with van der Waals surface area (Å²) in [4.78, 5) is 28.1. The fraction of sp³-hybridized carbons (Fsp3) is 0.500. The van der Waals surface area contributed by atoms with Gasteiger partial charge in [-0.25, -0.2) is 0 Å². The highest BCUT2D eigenvalue weighted by Crippen LogP contribution is 2.14. The van der Waals surface area contributed by atoms with Crippen LogP contribution in [0.2, 0.25) is 0 Å². The molecule has 1 aliphatic rings. The van der Waals surface area contributed by atoms with Crippen molar-refractivity contribution < 1.29 is 9.53 Å². The summed E-state index contributed by atoms with van der Waals surface area (Å²) in [7, 11) is 1.62. The maximum atomic E-state index is 13.0. The van der Waals surface area contributed by atoms with E-state index in [2.05, 4.69) is 14.8 Å². The molecule has 1 fully saturated rings. The molecule has 0 spiro atoms. The lowest BCUT2D eigenvalue weighted by Crippen LogP contribution is -2.35. The van der Waals surface area contributed by atoms with Gasteiger partial charge >= 0.3 is 0 Å². The van der Waals surface area contributed by atoms with Gasteiger partial charge in [-0.05, 0) is 57.0 Å². The first-order valence-corrected chi connectivity index (χ1v) is 10.9. The number of likely N-dealkylation sites (tertiary alicyclic amines) is 1. The van der Waals surface area contributed by atoms with Gasteiger partial charge < -0.3 is 19.5 Å². The lowest BCUT2D eigenvalue weighted by Gasteiger charge is -2.28. The minimum Gasteiger partial charge on any atom is -0.497 e. The van der Waals surface area contributed by atoms with E-state index in [9.17, 15) is 9.59 Å². The first-order chi connectivity index (χ1) is 14.5. The van der Waals surface area contributed by atoms with Crippen LogP contribution in [-0.2, 0) is 19.5 Å². The third-order valence-corrected chi connectivity index (χ3v) is 5.89. The second-order valence-electron chi connectivity index (χ2n) is 7.91. The number of carbonyl (C=O) groups excluding carboxylic acids is 1. The van der Waals surface area contributed by atoms with E-state index in [4.69, 9.17) is 4.74 Å². The van der Waals surface area contributed by atoms with Gasteiger partial charge in [0, 0.05) is 37.1 Å². The summed E-state index contributed by atoms with van der Waals surface area (Å²) in [6.07, 6.45) is 4.46. The Kier molecular flexibility index (Phi) is 7.69. The highest BCUT2D eigenvalue weighted by molar-refractivity contribution is 5.95. The molecule has 1 aromatic carbocycles. The Bertz CT molecular complexity index is 913. The van der Waals surface area contributed by atoms with Crippen LogP contribution in [0.4, 0.5) is 0 Å². The third-order valence-electron chi connectivity index (χ3n) is 5.89. The van der Waals surface area contributed by atoms with E-state index in [1.807, 2.05) is 38.1 Å². The normalized spacial score (nSPS) is 14.5. The Morgan fingerprint density at radius 3 is 2.43 bits per heavy atom. The number of nitrogens with zero attached hydrogens (tertiary/aromatic N) is 2. The minimum absolute atomic E-state index is 0.203. The largest absolute Gasteiger partial charge is 0.497 e. The van der Waals surface area contributed by atoms with Crippen molar-refractivity contribution in [1.29, 1.82) is 0 Å². The average Bonchev–Trinajstić information content (AvgIpc) is 2.77. The number of aryl methyl sites for hydroxylation is 1. The summed E-state index contributed by atoms with van der Waals surface area (Å²) in [5, 5.41) is 2.92. The zero-order valence-electron chi connectivity index (χ0n) is 18.4. The van der Waals surface area contributed by atoms with E-state index >= 15 is 0 Å². The Morgan fingerprint density at radius 2 is 1.80 bits per heavy atom. The topological polar surface area (TPSA) is 63.6 Å². The van der Waals surface area contributed by atoms with Gasteiger partial charge in [-0.2, -0.15) is 0 Å². The van der Waals surface area contributed by atoms with Gasteiger partial charge in [0.25, 0.3) is 5.91 Å². The smallest absolute Gasteiger partial charge is 0.257 e. The molecule has 6 heteroatoms. The summed E-state index contributed by atoms with van der Waals surface area (Å²) in [5.41, 5.74) is 2.77. The van der Waals surface area contributed by atoms with Crippen LogP contribution in [0, 0.1) is 6.92 Å². The van der Waals surface area contributed by atoms with Gasteiger partial charge in [-0.15, -0.1) is 0 Å². The van der Waals surface area contributed by atoms with Crippen LogP contribution in [0.1, 0.15) is 53.5 Å². The van der Waals surface area contributed by atoms with Gasteiger partial charge in [-0.1, -0.05) is 25.5 Å². The van der Waals surface area contributed by atoms with E-state index in [-0.39, 0.29) is 16.9 Å². The van der Waals surface area contributed by atoms with Crippen LogP contribution in [0.15, 0.2) is 35.1 Å². The quantitative estimate of drug-likeness (QED) is 0.725. The predicted molar refractivity (Wildman–Crippen MR) is 119 cm³/mol. The number of methoxy groups -OCH3 is 1. The molecule has 1 aliphatic heterocycles. The number of hydrogen-bond acceptors (Lipinski definition) is 4. The van der Waals surface area contributed by atoms with Crippen molar-refractivity contribution in [3.05, 3.63) is 63.1 Å². The molecule has 162 valence electrons. The Morgan fingerprint density at radius 1 is 1.10 bits per heavy atom. The molecule has 1 saturated heterocycles. The number of benzene rings is 1. The van der Waals surface area contributed by atoms with E-state index in [1.165, 1.54) is 19.3 Å². The van der Waals surface area contributed by atoms with Crippen LogP contribution in [-0.4, -0.2) is 42.1 Å². The lowest BCUT2D eigenvalue weighted by atomic mass is 10.1. The number of nitrogens with one attached hydrogen (secondary N) is 1. The maximum Gasteiger partial charge on any atom is 0.257 e. The number of rotatable bonds is 8. The molecule has 1 aromatic heterocycles. The predicted octanol–water partition coefficient (Wildman–Crippen LogP) is 3.14. The second-order valence-corrected chi connectivity index (χ2v) is 7.91. The van der Waals surface area contributed by atoms with Gasteiger partial charge in [0.05, 0.1) is 7.11 Å². The first-order valence-electron chi connectivity index (χ1n) is 10.9. The highest BCUT2D eigenvalue weighted by atomic mass is 16.5. The second kappa shape index (κ2) is 10.4. The van der Waals surface area contributed by atoms with Gasteiger partial charge in [0.1, 0.15) is 11.3 Å². The number of aromatic nitrogens is 1. The zero-order chi connectivity index (χ0) is 21.5. The molecule has 0 unspecified atom stereocenters. The Balaban J connectivity index is 1.76. The van der Waals surface area contributed by atoms with E-state index in [0.29, 0.717) is 13.0 Å². The Labute approximate surface area is 178 Å². The van der Waals surface area contributed by atoms with Gasteiger partial charge in [0.15, 0.2) is 5.43 Å². The molecule has 3 rings (SSSR count). The maximum absolute atomic E-state index is 13.0. The van der Waals surface area contributed by atoms with E-state index in [1.54, 1.807) is 13.2 Å². The summed E-state index contributed by atoms with van der Waals surface area (Å²) >= 11 is 0. The van der Waals surface area contributed by atoms with Crippen LogP contribution < -0.4 is 15.5 Å². The monoisotopic (exact) mass is 411 g/mol. The molecular weight excluding hydrogens is 378 g/mol. The number of hydrogen-bond donors (Lipinski definition) is 1. The van der Waals surface area contributed by atoms with E-state index < -0.39 is 0 Å². The van der Waals surface area contributed by atoms with Crippen molar-refractivity contribution in [2.24, 2.45) is 0 Å². The van der Waals surface area contributed by atoms with Crippen LogP contribution in [0.3, 0.4) is 0 Å². The van der Waals surface area contributed by atoms with Crippen molar-refractivity contribution in [2.75, 3.05) is 26.7 Å². The van der Waals surface area contributed by atoms with Crippen molar-refractivity contribution in [2.45, 2.75) is 52.6 Å². The van der Waals surface area contributed by atoms with E-state index in [0.717, 1.165) is 48.9 Å². The molecule has 0 atom stereocenters. The molecule has 2 aromatic rings. The zero-order valence-corrected chi connectivity index (χ0v) is 18.4. The molecule has 30 heavy (non-hydrogen) atoms. The molecule has 0 bridgehead atoms. The number of piperidine rings is 1. The fourth-order valence-corrected chi connectivity index (χ4v) is 4.19. The molecule has 1 amide bonds. The highest BCUT2D eigenvalue weighted by Gasteiger charge is 2.20. The number of ether oxygens (including phenoxy) is 1. The molecule has 0 radical (unpaired) electrons. The summed E-state index contributed by atoms with van der Waals surface area (Å²) < 4.78 is 7.32. The van der Waals surface area contributed by atoms with Crippen molar-refractivity contribution in [3.63, 3.8) is 0 Å². The molecular formula is C24H33N3O3. The number of pyridine rings is 1. The summed E-state index contributed by atoms with van der Waals surface area (Å²) in [6.45, 7) is 8.35. The van der Waals surface area contributed by atoms with Crippen molar-refractivity contribution in [1.82, 2.24) is 14.8 Å². The van der Waals surface area contributed by atoms with Crippen LogP contribution in [0.25, 0.3) is 0 Å². The number of amides is 1. The van der Waals surface area contributed by atoms with Crippen LogP contribution in [0.5, 0.6) is 5.75 Å². The van der Waals surface area contributed by atoms with Gasteiger partial charge in [-0.3, -0.25) is 9.59 Å². The van der Waals surface area contributed by atoms with Crippen molar-refractivity contribution >= 4 is 5.91 Å². The summed E-state index contributed by atoms with van der Waals surface area (Å²) in [6, 6.07) is 9.13. The fourth-order valence-electron chi connectivity index (χ4n) is 4.19. The molecule has 2 heterocycles. The third kappa shape index (κ3) is 5.30. The first kappa shape index (κ1) is 22.1. The SMILES string of the molecule is CCc1c(C(=O)NCc2ccc(OC)cc2)c(=O)cc(C)n1CCN1CCCCC1. The van der Waals surface area contributed by atoms with Crippen molar-refractivity contribution in [3.8, 4) is 5.75 Å². The minimum atomic E-state index is -0.306. The standard InChI is InChI=1S/C24H33N3O3/c1-4-21-23(24(29)25-17-19-8-10-20(30-3)11-9-19)22(28)16-18(2)27(21)15-14-26-12-6-5-7-13-26/h8-11,16H,4-7,12-15,17H2,1-3H3,(H,25,29).